The maximum absolute atomic E-state index is 8.88. The molecule has 0 saturated carbocycles. The fraction of sp³-hybridized carbons (Fsp3) is 0.417. The van der Waals surface area contributed by atoms with Gasteiger partial charge in [0.15, 0.2) is 5.84 Å². The minimum absolute atomic E-state index is 0.0839. The molecule has 5 nitrogen and oxygen atoms in total. The number of aliphatic hydroxyl groups excluding tert-OH is 1. The van der Waals surface area contributed by atoms with Gasteiger partial charge in [0.05, 0.1) is 5.69 Å². The van der Waals surface area contributed by atoms with Gasteiger partial charge in [-0.3, -0.25) is 0 Å². The van der Waals surface area contributed by atoms with Gasteiger partial charge in [0.25, 0.3) is 0 Å². The molecule has 6 heteroatoms. The Morgan fingerprint density at radius 2 is 2.22 bits per heavy atom. The molecule has 0 fully saturated rings. The average molecular weight is 316 g/mol. The molecule has 0 aliphatic carbocycles. The molecular weight excluding hydrogens is 298 g/mol. The molecule has 0 aliphatic heterocycles. The summed E-state index contributed by atoms with van der Waals surface area (Å²) in [5, 5.41) is 20.5. The Balaban J connectivity index is 2.96. The molecule has 1 rings (SSSR count). The molecule has 0 unspecified atom stereocenters. The zero-order valence-electron chi connectivity index (χ0n) is 10.3. The van der Waals surface area contributed by atoms with E-state index in [9.17, 15) is 0 Å². The number of amidine groups is 1. The minimum Gasteiger partial charge on any atom is -0.409 e. The number of aliphatic hydroxyl groups is 1. The fourth-order valence-electron chi connectivity index (χ4n) is 1.69. The summed E-state index contributed by atoms with van der Waals surface area (Å²) in [7, 11) is 0. The van der Waals surface area contributed by atoms with Crippen LogP contribution in [0, 0.1) is 0 Å². The summed E-state index contributed by atoms with van der Waals surface area (Å²) in [6.07, 6.45) is 0.724. The molecule has 0 atom stereocenters. The van der Waals surface area contributed by atoms with E-state index in [1.54, 1.807) is 6.07 Å². The van der Waals surface area contributed by atoms with Crippen LogP contribution >= 0.6 is 15.9 Å². The molecule has 0 aliphatic rings. The van der Waals surface area contributed by atoms with E-state index in [2.05, 4.69) is 32.9 Å². The van der Waals surface area contributed by atoms with Gasteiger partial charge in [0.1, 0.15) is 0 Å². The monoisotopic (exact) mass is 315 g/mol. The van der Waals surface area contributed by atoms with E-state index in [0.717, 1.165) is 29.7 Å². The average Bonchev–Trinajstić information content (AvgIpc) is 2.40. The second-order valence-corrected chi connectivity index (χ2v) is 4.66. The van der Waals surface area contributed by atoms with E-state index in [4.69, 9.17) is 16.0 Å². The van der Waals surface area contributed by atoms with Gasteiger partial charge in [0.2, 0.25) is 0 Å². The van der Waals surface area contributed by atoms with Crippen LogP contribution in [-0.2, 0) is 0 Å². The van der Waals surface area contributed by atoms with Crippen LogP contribution in [0.2, 0.25) is 0 Å². The summed E-state index contributed by atoms with van der Waals surface area (Å²) in [6, 6.07) is 5.53. The van der Waals surface area contributed by atoms with Crippen LogP contribution < -0.4 is 10.6 Å². The third-order valence-corrected chi connectivity index (χ3v) is 3.29. The molecule has 0 heterocycles. The van der Waals surface area contributed by atoms with E-state index >= 15 is 0 Å². The van der Waals surface area contributed by atoms with Crippen LogP contribution in [0.15, 0.2) is 27.8 Å². The van der Waals surface area contributed by atoms with Crippen molar-refractivity contribution in [3.8, 4) is 0 Å². The largest absolute Gasteiger partial charge is 0.409 e. The summed E-state index contributed by atoms with van der Waals surface area (Å²) in [4.78, 5) is 2.15. The highest BCUT2D eigenvalue weighted by molar-refractivity contribution is 9.10. The van der Waals surface area contributed by atoms with Gasteiger partial charge in [0, 0.05) is 29.7 Å². The Kier molecular flexibility index (Phi) is 5.94. The lowest BCUT2D eigenvalue weighted by molar-refractivity contribution is 0.289. The molecule has 1 aromatic carbocycles. The number of oxime groups is 1. The van der Waals surface area contributed by atoms with Crippen LogP contribution in [0.25, 0.3) is 0 Å². The number of hydrogen-bond acceptors (Lipinski definition) is 4. The number of anilines is 1. The quantitative estimate of drug-likeness (QED) is 0.323. The lowest BCUT2D eigenvalue weighted by Gasteiger charge is -2.24. The molecule has 100 valence electrons. The van der Waals surface area contributed by atoms with Crippen molar-refractivity contribution < 1.29 is 10.3 Å². The second-order valence-electron chi connectivity index (χ2n) is 3.81. The maximum Gasteiger partial charge on any atom is 0.170 e. The van der Waals surface area contributed by atoms with Crippen LogP contribution in [-0.4, -0.2) is 35.8 Å². The van der Waals surface area contributed by atoms with Crippen molar-refractivity contribution in [1.29, 1.82) is 0 Å². The minimum atomic E-state index is 0.0839. The summed E-state index contributed by atoms with van der Waals surface area (Å²) in [5.74, 6) is 0.0839. The predicted octanol–water partition coefficient (Wildman–Crippen LogP) is 1.75. The molecule has 1 aromatic rings. The first-order valence-electron chi connectivity index (χ1n) is 5.77. The number of rotatable bonds is 6. The highest BCUT2D eigenvalue weighted by Crippen LogP contribution is 2.27. The Morgan fingerprint density at radius 3 is 2.72 bits per heavy atom. The normalized spacial score (nSPS) is 11.6. The fourth-order valence-corrected chi connectivity index (χ4v) is 2.32. The van der Waals surface area contributed by atoms with Gasteiger partial charge in [-0.15, -0.1) is 0 Å². The number of benzene rings is 1. The van der Waals surface area contributed by atoms with E-state index in [-0.39, 0.29) is 12.4 Å². The van der Waals surface area contributed by atoms with Gasteiger partial charge in [-0.25, -0.2) is 0 Å². The Labute approximate surface area is 115 Å². The van der Waals surface area contributed by atoms with Crippen molar-refractivity contribution in [3.63, 3.8) is 0 Å². The summed E-state index contributed by atoms with van der Waals surface area (Å²) >= 11 is 3.48. The van der Waals surface area contributed by atoms with E-state index in [1.165, 1.54) is 0 Å². The first kappa shape index (κ1) is 14.8. The van der Waals surface area contributed by atoms with Crippen LogP contribution in [0.3, 0.4) is 0 Å². The zero-order chi connectivity index (χ0) is 13.5. The van der Waals surface area contributed by atoms with Crippen molar-refractivity contribution in [2.45, 2.75) is 13.3 Å². The molecule has 0 aromatic heterocycles. The summed E-state index contributed by atoms with van der Waals surface area (Å²) in [5.41, 5.74) is 7.22. The Bertz CT molecular complexity index is 424. The smallest absolute Gasteiger partial charge is 0.170 e. The topological polar surface area (TPSA) is 82.1 Å². The van der Waals surface area contributed by atoms with Crippen molar-refractivity contribution in [2.75, 3.05) is 24.6 Å². The maximum atomic E-state index is 8.88. The van der Waals surface area contributed by atoms with Crippen LogP contribution in [0.4, 0.5) is 5.69 Å². The predicted molar refractivity (Wildman–Crippen MR) is 76.2 cm³/mol. The van der Waals surface area contributed by atoms with Crippen molar-refractivity contribution >= 4 is 27.5 Å². The molecular formula is C12H18BrN3O2. The third-order valence-electron chi connectivity index (χ3n) is 2.66. The lowest BCUT2D eigenvalue weighted by Crippen LogP contribution is -2.25. The molecule has 4 N–H and O–H groups in total. The number of hydrogen-bond donors (Lipinski definition) is 3. The van der Waals surface area contributed by atoms with Gasteiger partial charge < -0.3 is 20.9 Å². The summed E-state index contributed by atoms with van der Waals surface area (Å²) < 4.78 is 0.881. The third kappa shape index (κ3) is 3.61. The molecule has 18 heavy (non-hydrogen) atoms. The molecule has 0 radical (unpaired) electrons. The first-order valence-corrected chi connectivity index (χ1v) is 6.56. The number of nitrogens with two attached hydrogens (primary N) is 1. The standard InChI is InChI=1S/C12H18BrN3O2/c1-2-16(6-3-7-17)11-5-4-9(8-10(11)13)12(14)15-18/h4-5,8,17-18H,2-3,6-7H2,1H3,(H2,14,15). The molecule has 0 saturated heterocycles. The number of halogens is 1. The highest BCUT2D eigenvalue weighted by Gasteiger charge is 2.10. The Hall–Kier alpha value is -1.27. The van der Waals surface area contributed by atoms with E-state index in [1.807, 2.05) is 12.1 Å². The Morgan fingerprint density at radius 1 is 1.50 bits per heavy atom. The van der Waals surface area contributed by atoms with Gasteiger partial charge in [-0.1, -0.05) is 5.16 Å². The van der Waals surface area contributed by atoms with Gasteiger partial charge in [-0.05, 0) is 47.5 Å². The van der Waals surface area contributed by atoms with Crippen LogP contribution in [0.1, 0.15) is 18.9 Å². The highest BCUT2D eigenvalue weighted by atomic mass is 79.9. The van der Waals surface area contributed by atoms with E-state index < -0.39 is 0 Å². The van der Waals surface area contributed by atoms with Crippen molar-refractivity contribution in [2.24, 2.45) is 10.9 Å². The molecule has 0 bridgehead atoms. The lowest BCUT2D eigenvalue weighted by atomic mass is 10.1. The SMILES string of the molecule is CCN(CCCO)c1ccc(/C(N)=N/O)cc1Br. The van der Waals surface area contributed by atoms with Crippen molar-refractivity contribution in [1.82, 2.24) is 0 Å². The second kappa shape index (κ2) is 7.23. The zero-order valence-corrected chi connectivity index (χ0v) is 11.9. The first-order chi connectivity index (χ1) is 8.63. The van der Waals surface area contributed by atoms with Gasteiger partial charge >= 0.3 is 0 Å². The molecule has 0 amide bonds. The van der Waals surface area contributed by atoms with Gasteiger partial charge in [-0.2, -0.15) is 0 Å². The number of nitrogens with zero attached hydrogens (tertiary/aromatic N) is 2. The van der Waals surface area contributed by atoms with Crippen molar-refractivity contribution in [3.05, 3.63) is 28.2 Å². The van der Waals surface area contributed by atoms with E-state index in [0.29, 0.717) is 5.56 Å². The van der Waals surface area contributed by atoms with Crippen LogP contribution in [0.5, 0.6) is 0 Å². The molecule has 0 spiro atoms. The summed E-state index contributed by atoms with van der Waals surface area (Å²) in [6.45, 7) is 3.87.